The van der Waals surface area contributed by atoms with Crippen LogP contribution in [0.15, 0.2) is 27.6 Å². The monoisotopic (exact) mass is 303 g/mol. The molecule has 0 heterocycles. The summed E-state index contributed by atoms with van der Waals surface area (Å²) in [6, 6.07) is 5.29. The number of thiol groups is 1. The van der Waals surface area contributed by atoms with Crippen LogP contribution in [-0.4, -0.2) is 24.2 Å². The second kappa shape index (κ2) is 6.27. The molecular formula is C11H14BrNO2S. The molecule has 3 nitrogen and oxygen atoms in total. The molecule has 0 radical (unpaired) electrons. The smallest absolute Gasteiger partial charge is 0.252 e. The molecule has 1 aromatic carbocycles. The Kier molecular flexibility index (Phi) is 5.31. The predicted octanol–water partition coefficient (Wildman–Crippen LogP) is 2.10. The van der Waals surface area contributed by atoms with Crippen molar-refractivity contribution in [3.05, 3.63) is 28.2 Å². The van der Waals surface area contributed by atoms with Crippen molar-refractivity contribution in [3.8, 4) is 0 Å². The first-order valence-corrected chi connectivity index (χ1v) is 6.16. The first kappa shape index (κ1) is 13.5. The number of nitrogens with one attached hydrogen (secondary N) is 1. The van der Waals surface area contributed by atoms with Gasteiger partial charge in [0.2, 0.25) is 0 Å². The van der Waals surface area contributed by atoms with Crippen LogP contribution in [0, 0.1) is 5.92 Å². The number of halogens is 1. The summed E-state index contributed by atoms with van der Waals surface area (Å²) in [5.41, 5.74) is 0.553. The van der Waals surface area contributed by atoms with Crippen LogP contribution in [0.3, 0.4) is 0 Å². The van der Waals surface area contributed by atoms with Gasteiger partial charge in [0.05, 0.1) is 5.56 Å². The molecule has 0 saturated carbocycles. The van der Waals surface area contributed by atoms with Crippen LogP contribution in [0.4, 0.5) is 0 Å². The predicted molar refractivity (Wildman–Crippen MR) is 70.0 cm³/mol. The average Bonchev–Trinajstić information content (AvgIpc) is 2.28. The van der Waals surface area contributed by atoms with Crippen LogP contribution in [-0.2, 0) is 0 Å². The van der Waals surface area contributed by atoms with Gasteiger partial charge >= 0.3 is 0 Å². The highest BCUT2D eigenvalue weighted by atomic mass is 79.9. The number of hydrogen-bond acceptors (Lipinski definition) is 3. The first-order chi connectivity index (χ1) is 7.54. The number of amides is 1. The molecule has 16 heavy (non-hydrogen) atoms. The first-order valence-electron chi connectivity index (χ1n) is 4.92. The van der Waals surface area contributed by atoms with E-state index in [0.717, 1.165) is 9.37 Å². The van der Waals surface area contributed by atoms with E-state index >= 15 is 0 Å². The van der Waals surface area contributed by atoms with Crippen molar-refractivity contribution in [1.29, 1.82) is 0 Å². The van der Waals surface area contributed by atoms with Crippen molar-refractivity contribution in [2.24, 2.45) is 5.92 Å². The van der Waals surface area contributed by atoms with Crippen molar-refractivity contribution in [2.75, 3.05) is 13.2 Å². The maximum absolute atomic E-state index is 11.8. The molecule has 0 aliphatic heterocycles. The van der Waals surface area contributed by atoms with Crippen molar-refractivity contribution >= 4 is 34.5 Å². The van der Waals surface area contributed by atoms with E-state index in [0.29, 0.717) is 12.1 Å². The second-order valence-corrected chi connectivity index (χ2v) is 5.03. The van der Waals surface area contributed by atoms with Gasteiger partial charge in [0.1, 0.15) is 0 Å². The van der Waals surface area contributed by atoms with Crippen LogP contribution in [0.1, 0.15) is 17.3 Å². The third-order valence-corrected chi connectivity index (χ3v) is 3.09. The number of hydrogen-bond donors (Lipinski definition) is 3. The molecule has 1 rings (SSSR count). The van der Waals surface area contributed by atoms with Gasteiger partial charge in [-0.3, -0.25) is 4.79 Å². The van der Waals surface area contributed by atoms with Crippen LogP contribution in [0.2, 0.25) is 0 Å². The Morgan fingerprint density at radius 3 is 2.94 bits per heavy atom. The lowest BCUT2D eigenvalue weighted by atomic mass is 10.1. The minimum Gasteiger partial charge on any atom is -0.396 e. The third kappa shape index (κ3) is 3.81. The van der Waals surface area contributed by atoms with Gasteiger partial charge < -0.3 is 10.4 Å². The van der Waals surface area contributed by atoms with Gasteiger partial charge in [-0.25, -0.2) is 0 Å². The molecule has 0 fully saturated rings. The summed E-state index contributed by atoms with van der Waals surface area (Å²) >= 11 is 7.49. The Hall–Kier alpha value is -0.520. The lowest BCUT2D eigenvalue weighted by Crippen LogP contribution is -2.29. The van der Waals surface area contributed by atoms with Crippen LogP contribution >= 0.6 is 28.6 Å². The zero-order chi connectivity index (χ0) is 12.1. The summed E-state index contributed by atoms with van der Waals surface area (Å²) in [5.74, 6) is -0.106. The van der Waals surface area contributed by atoms with Crippen LogP contribution < -0.4 is 5.32 Å². The molecule has 1 atom stereocenters. The molecule has 5 heteroatoms. The van der Waals surface area contributed by atoms with Crippen molar-refractivity contribution < 1.29 is 9.90 Å². The molecule has 2 N–H and O–H groups in total. The van der Waals surface area contributed by atoms with E-state index in [1.165, 1.54) is 0 Å². The van der Waals surface area contributed by atoms with Crippen LogP contribution in [0.25, 0.3) is 0 Å². The van der Waals surface area contributed by atoms with Crippen molar-refractivity contribution in [1.82, 2.24) is 5.32 Å². The summed E-state index contributed by atoms with van der Waals surface area (Å²) in [6.07, 6.45) is 0. The number of carbonyl (C=O) groups is 1. The van der Waals surface area contributed by atoms with E-state index in [2.05, 4.69) is 33.9 Å². The summed E-state index contributed by atoms with van der Waals surface area (Å²) in [6.45, 7) is 2.39. The molecule has 0 saturated heterocycles. The standard InChI is InChI=1S/C11H14BrNO2S/c1-7(6-14)5-13-11(15)9-4-8(16)2-3-10(9)12/h2-4,7,14,16H,5-6H2,1H3,(H,13,15). The van der Waals surface area contributed by atoms with E-state index < -0.39 is 0 Å². The van der Waals surface area contributed by atoms with E-state index in [1.54, 1.807) is 18.2 Å². The van der Waals surface area contributed by atoms with E-state index in [9.17, 15) is 4.79 Å². The van der Waals surface area contributed by atoms with Crippen molar-refractivity contribution in [3.63, 3.8) is 0 Å². The third-order valence-electron chi connectivity index (χ3n) is 2.12. The minimum atomic E-state index is -0.164. The molecule has 1 aromatic rings. The molecule has 0 aliphatic rings. The number of rotatable bonds is 4. The SMILES string of the molecule is CC(CO)CNC(=O)c1cc(S)ccc1Br. The molecular weight excluding hydrogens is 290 g/mol. The molecule has 1 unspecified atom stereocenters. The average molecular weight is 304 g/mol. The van der Waals surface area contributed by atoms with Gasteiger partial charge in [-0.05, 0) is 40.0 Å². The van der Waals surface area contributed by atoms with E-state index in [1.807, 2.05) is 6.92 Å². The fourth-order valence-electron chi connectivity index (χ4n) is 1.11. The van der Waals surface area contributed by atoms with Gasteiger partial charge in [-0.1, -0.05) is 6.92 Å². The lowest BCUT2D eigenvalue weighted by Gasteiger charge is -2.10. The van der Waals surface area contributed by atoms with Gasteiger partial charge in [-0.15, -0.1) is 12.6 Å². The van der Waals surface area contributed by atoms with Gasteiger partial charge in [0.15, 0.2) is 0 Å². The Labute approximate surface area is 109 Å². The molecule has 1 amide bonds. The fraction of sp³-hybridized carbons (Fsp3) is 0.364. The van der Waals surface area contributed by atoms with Crippen LogP contribution in [0.5, 0.6) is 0 Å². The zero-order valence-corrected chi connectivity index (χ0v) is 11.4. The highest BCUT2D eigenvalue weighted by Gasteiger charge is 2.11. The minimum absolute atomic E-state index is 0.0573. The maximum atomic E-state index is 11.8. The lowest BCUT2D eigenvalue weighted by molar-refractivity contribution is 0.0941. The maximum Gasteiger partial charge on any atom is 0.252 e. The Morgan fingerprint density at radius 2 is 2.31 bits per heavy atom. The van der Waals surface area contributed by atoms with E-state index in [4.69, 9.17) is 5.11 Å². The van der Waals surface area contributed by atoms with Gasteiger partial charge in [0.25, 0.3) is 5.91 Å². The number of benzene rings is 1. The Bertz CT molecular complexity index is 384. The fourth-order valence-corrected chi connectivity index (χ4v) is 1.74. The topological polar surface area (TPSA) is 49.3 Å². The largest absolute Gasteiger partial charge is 0.396 e. The highest BCUT2D eigenvalue weighted by molar-refractivity contribution is 9.10. The molecule has 88 valence electrons. The normalized spacial score (nSPS) is 12.2. The summed E-state index contributed by atoms with van der Waals surface area (Å²) < 4.78 is 0.736. The molecule has 0 spiro atoms. The molecule has 0 aliphatic carbocycles. The van der Waals surface area contributed by atoms with E-state index in [-0.39, 0.29) is 18.4 Å². The summed E-state index contributed by atoms with van der Waals surface area (Å²) in [7, 11) is 0. The number of aliphatic hydroxyl groups excluding tert-OH is 1. The second-order valence-electron chi connectivity index (χ2n) is 3.66. The Morgan fingerprint density at radius 1 is 1.62 bits per heavy atom. The number of aliphatic hydroxyl groups is 1. The number of carbonyl (C=O) groups excluding carboxylic acids is 1. The summed E-state index contributed by atoms with van der Waals surface area (Å²) in [4.78, 5) is 12.5. The zero-order valence-electron chi connectivity index (χ0n) is 8.90. The van der Waals surface area contributed by atoms with Gasteiger partial charge in [-0.2, -0.15) is 0 Å². The quantitative estimate of drug-likeness (QED) is 0.746. The molecule has 0 aromatic heterocycles. The van der Waals surface area contributed by atoms with Gasteiger partial charge in [0, 0.05) is 22.5 Å². The Balaban J connectivity index is 2.69. The van der Waals surface area contributed by atoms with Crippen molar-refractivity contribution in [2.45, 2.75) is 11.8 Å². The summed E-state index contributed by atoms with van der Waals surface area (Å²) in [5, 5.41) is 11.6. The highest BCUT2D eigenvalue weighted by Crippen LogP contribution is 2.20. The molecule has 0 bridgehead atoms.